The van der Waals surface area contributed by atoms with Crippen LogP contribution in [0, 0.1) is 0 Å². The average molecular weight is 485 g/mol. The maximum atomic E-state index is 12.6. The molecule has 5 rings (SSSR count). The topological polar surface area (TPSA) is 104 Å². The van der Waals surface area contributed by atoms with Gasteiger partial charge >= 0.3 is 6.09 Å². The average Bonchev–Trinajstić information content (AvgIpc) is 3.40. The van der Waals surface area contributed by atoms with Crippen LogP contribution < -0.4 is 15.8 Å². The molecular weight excluding hydrogens is 460 g/mol. The molecule has 3 heterocycles. The highest BCUT2D eigenvalue weighted by Crippen LogP contribution is 2.33. The number of rotatable bonds is 7. The smallest absolute Gasteiger partial charge is 0.414 e. The van der Waals surface area contributed by atoms with Crippen molar-refractivity contribution in [1.82, 2.24) is 9.97 Å². The fraction of sp³-hybridized carbons (Fsp3) is 0.391. The Morgan fingerprint density at radius 2 is 2.15 bits per heavy atom. The first-order valence-electron chi connectivity index (χ1n) is 11.0. The number of aromatic amines is 1. The quantitative estimate of drug-likeness (QED) is 0.490. The normalized spacial score (nSPS) is 15.5. The molecule has 10 heteroatoms. The molecule has 2 aliphatic rings. The van der Waals surface area contributed by atoms with Crippen molar-refractivity contribution in [2.75, 3.05) is 29.1 Å². The molecule has 1 aliphatic carbocycles. The molecule has 2 aromatic heterocycles. The number of aromatic nitrogens is 2. The van der Waals surface area contributed by atoms with Crippen molar-refractivity contribution in [3.8, 4) is 0 Å². The molecule has 8 nitrogen and oxygen atoms in total. The monoisotopic (exact) mass is 484 g/mol. The lowest BCUT2D eigenvalue weighted by atomic mass is 9.97. The number of nitrogens with one attached hydrogen (secondary N) is 2. The Hall–Kier alpha value is -2.85. The van der Waals surface area contributed by atoms with E-state index in [-0.39, 0.29) is 17.6 Å². The van der Waals surface area contributed by atoms with E-state index in [0.717, 1.165) is 29.5 Å². The fourth-order valence-corrected chi connectivity index (χ4v) is 6.30. The summed E-state index contributed by atoms with van der Waals surface area (Å²) in [6.45, 7) is 0.872. The lowest BCUT2D eigenvalue weighted by Crippen LogP contribution is -2.23. The van der Waals surface area contributed by atoms with Crippen molar-refractivity contribution in [3.05, 3.63) is 50.9 Å². The van der Waals surface area contributed by atoms with E-state index in [1.54, 1.807) is 46.2 Å². The van der Waals surface area contributed by atoms with Gasteiger partial charge in [0.1, 0.15) is 17.3 Å². The minimum absolute atomic E-state index is 0.0468. The van der Waals surface area contributed by atoms with Crippen LogP contribution in [0.15, 0.2) is 29.1 Å². The van der Waals surface area contributed by atoms with Gasteiger partial charge in [0.05, 0.1) is 17.7 Å². The van der Waals surface area contributed by atoms with E-state index in [1.165, 1.54) is 16.9 Å². The van der Waals surface area contributed by atoms with Crippen molar-refractivity contribution in [2.24, 2.45) is 0 Å². The number of carbonyl (C=O) groups excluding carboxylic acids is 2. The molecule has 0 spiro atoms. The zero-order valence-electron chi connectivity index (χ0n) is 18.0. The molecule has 2 N–H and O–H groups in total. The molecule has 3 aromatic rings. The molecule has 0 radical (unpaired) electrons. The number of fused-ring (bicyclic) bond motifs is 3. The van der Waals surface area contributed by atoms with Crippen molar-refractivity contribution in [2.45, 2.75) is 37.9 Å². The van der Waals surface area contributed by atoms with E-state index < -0.39 is 0 Å². The van der Waals surface area contributed by atoms with E-state index >= 15 is 0 Å². The zero-order valence-corrected chi connectivity index (χ0v) is 19.7. The highest BCUT2D eigenvalue weighted by molar-refractivity contribution is 7.98. The van der Waals surface area contributed by atoms with Gasteiger partial charge in [0, 0.05) is 28.4 Å². The van der Waals surface area contributed by atoms with Crippen LogP contribution in [0.4, 0.5) is 16.2 Å². The number of benzene rings is 1. The number of cyclic esters (lactones) is 1. The maximum absolute atomic E-state index is 12.6. The van der Waals surface area contributed by atoms with E-state index in [4.69, 9.17) is 4.74 Å². The summed E-state index contributed by atoms with van der Waals surface area (Å²) >= 11 is 3.21. The standard InChI is InChI=1S/C23H24N4O4S2/c28-19(24-14-4-3-5-15(12-14)27-9-10-31-23(27)30)8-11-32-13-18-25-21(29)20-16-6-1-2-7-17(16)33-22(20)26-18/h3-5,12H,1-2,6-11,13H2,(H,24,28)(H,25,26,29). The number of nitrogens with zero attached hydrogens (tertiary/aromatic N) is 2. The molecule has 0 atom stereocenters. The third-order valence-corrected chi connectivity index (χ3v) is 7.94. The predicted molar refractivity (Wildman–Crippen MR) is 131 cm³/mol. The number of H-pyrrole nitrogens is 1. The largest absolute Gasteiger partial charge is 0.447 e. The summed E-state index contributed by atoms with van der Waals surface area (Å²) in [5.41, 5.74) is 2.48. The Labute approximate surface area is 198 Å². The molecular formula is C23H24N4O4S2. The van der Waals surface area contributed by atoms with Crippen LogP contribution in [0.5, 0.6) is 0 Å². The zero-order chi connectivity index (χ0) is 22.8. The summed E-state index contributed by atoms with van der Waals surface area (Å²) in [4.78, 5) is 48.0. The van der Waals surface area contributed by atoms with E-state index in [0.29, 0.717) is 48.3 Å². The van der Waals surface area contributed by atoms with Crippen LogP contribution in [0.3, 0.4) is 0 Å². The SMILES string of the molecule is O=C(CCSCc1nc2sc3c(c2c(=O)[nH]1)CCCC3)Nc1cccc(N2CCOC2=O)c1. The van der Waals surface area contributed by atoms with Gasteiger partial charge in [-0.25, -0.2) is 9.78 Å². The van der Waals surface area contributed by atoms with Crippen LogP contribution in [-0.4, -0.2) is 40.9 Å². The Morgan fingerprint density at radius 1 is 1.27 bits per heavy atom. The molecule has 1 aliphatic heterocycles. The van der Waals surface area contributed by atoms with Gasteiger partial charge in [-0.1, -0.05) is 6.07 Å². The summed E-state index contributed by atoms with van der Waals surface area (Å²) in [6.07, 6.45) is 4.28. The Bertz CT molecular complexity index is 1270. The fourth-order valence-electron chi connectivity index (χ4n) is 4.21. The van der Waals surface area contributed by atoms with Gasteiger partial charge in [-0.3, -0.25) is 14.5 Å². The van der Waals surface area contributed by atoms with E-state index in [2.05, 4.69) is 15.3 Å². The van der Waals surface area contributed by atoms with Crippen LogP contribution >= 0.6 is 23.1 Å². The van der Waals surface area contributed by atoms with Crippen molar-refractivity contribution >= 4 is 56.7 Å². The van der Waals surface area contributed by atoms with Crippen LogP contribution in [0.25, 0.3) is 10.2 Å². The summed E-state index contributed by atoms with van der Waals surface area (Å²) in [6, 6.07) is 7.17. The van der Waals surface area contributed by atoms with Crippen molar-refractivity contribution < 1.29 is 14.3 Å². The third kappa shape index (κ3) is 4.77. The number of carbonyl (C=O) groups is 2. The highest BCUT2D eigenvalue weighted by Gasteiger charge is 2.23. The number of ether oxygens (including phenoxy) is 1. The second-order valence-corrected chi connectivity index (χ2v) is 10.3. The van der Waals surface area contributed by atoms with Crippen LogP contribution in [0.2, 0.25) is 0 Å². The Balaban J connectivity index is 1.14. The summed E-state index contributed by atoms with van der Waals surface area (Å²) < 4.78 is 4.97. The van der Waals surface area contributed by atoms with Crippen LogP contribution in [0.1, 0.15) is 35.5 Å². The van der Waals surface area contributed by atoms with E-state index in [1.807, 2.05) is 6.07 Å². The first-order valence-corrected chi connectivity index (χ1v) is 13.0. The Kier molecular flexibility index (Phi) is 6.37. The number of thioether (sulfide) groups is 1. The summed E-state index contributed by atoms with van der Waals surface area (Å²) in [5.74, 6) is 1.70. The first-order chi connectivity index (χ1) is 16.1. The summed E-state index contributed by atoms with van der Waals surface area (Å²) in [7, 11) is 0. The van der Waals surface area contributed by atoms with Gasteiger partial charge in [0.25, 0.3) is 5.56 Å². The first kappa shape index (κ1) is 22.0. The molecule has 0 saturated carbocycles. The molecule has 1 fully saturated rings. The Morgan fingerprint density at radius 3 is 3.00 bits per heavy atom. The number of hydrogen-bond acceptors (Lipinski definition) is 7. The molecule has 0 unspecified atom stereocenters. The minimum Gasteiger partial charge on any atom is -0.447 e. The molecule has 1 saturated heterocycles. The molecule has 0 bridgehead atoms. The third-order valence-electron chi connectivity index (χ3n) is 5.79. The van der Waals surface area contributed by atoms with Gasteiger partial charge in [-0.2, -0.15) is 11.8 Å². The second-order valence-electron chi connectivity index (χ2n) is 8.07. The van der Waals surface area contributed by atoms with Crippen molar-refractivity contribution in [1.29, 1.82) is 0 Å². The van der Waals surface area contributed by atoms with Gasteiger partial charge in [0.2, 0.25) is 5.91 Å². The lowest BCUT2D eigenvalue weighted by molar-refractivity contribution is -0.115. The lowest BCUT2D eigenvalue weighted by Gasteiger charge is -2.14. The summed E-state index contributed by atoms with van der Waals surface area (Å²) in [5, 5.41) is 3.65. The highest BCUT2D eigenvalue weighted by atomic mass is 32.2. The maximum Gasteiger partial charge on any atom is 0.414 e. The van der Waals surface area contributed by atoms with E-state index in [9.17, 15) is 14.4 Å². The van der Waals surface area contributed by atoms with Gasteiger partial charge in [-0.05, 0) is 49.4 Å². The minimum atomic E-state index is -0.373. The number of hydrogen-bond donors (Lipinski definition) is 2. The number of anilines is 2. The second kappa shape index (κ2) is 9.56. The number of amides is 2. The van der Waals surface area contributed by atoms with Gasteiger partial charge < -0.3 is 15.0 Å². The molecule has 172 valence electrons. The number of thiophene rings is 1. The van der Waals surface area contributed by atoms with Crippen molar-refractivity contribution in [3.63, 3.8) is 0 Å². The van der Waals surface area contributed by atoms with Gasteiger partial charge in [0.15, 0.2) is 0 Å². The number of aryl methyl sites for hydroxylation is 2. The van der Waals surface area contributed by atoms with Gasteiger partial charge in [-0.15, -0.1) is 11.3 Å². The molecule has 2 amide bonds. The molecule has 1 aromatic carbocycles. The molecule has 33 heavy (non-hydrogen) atoms. The predicted octanol–water partition coefficient (Wildman–Crippen LogP) is 4.08. The van der Waals surface area contributed by atoms with Crippen LogP contribution in [-0.2, 0) is 28.1 Å².